The Hall–Kier alpha value is -2.12. The van der Waals surface area contributed by atoms with Crippen LogP contribution < -0.4 is 15.0 Å². The van der Waals surface area contributed by atoms with Crippen molar-refractivity contribution >= 4 is 17.5 Å². The summed E-state index contributed by atoms with van der Waals surface area (Å²) < 4.78 is 11.2. The molecule has 160 valence electrons. The van der Waals surface area contributed by atoms with Gasteiger partial charge in [0.15, 0.2) is 0 Å². The maximum atomic E-state index is 12.8. The van der Waals surface area contributed by atoms with E-state index >= 15 is 0 Å². The van der Waals surface area contributed by atoms with Gasteiger partial charge in [-0.25, -0.2) is 0 Å². The van der Waals surface area contributed by atoms with Gasteiger partial charge in [-0.2, -0.15) is 0 Å². The van der Waals surface area contributed by atoms with Crippen LogP contribution >= 0.6 is 0 Å². The van der Waals surface area contributed by atoms with Crippen molar-refractivity contribution in [3.8, 4) is 5.75 Å². The normalized spacial score (nSPS) is 18.7. The zero-order chi connectivity index (χ0) is 20.6. The quantitative estimate of drug-likeness (QED) is 0.719. The summed E-state index contributed by atoms with van der Waals surface area (Å²) in [4.78, 5) is 29.3. The predicted molar refractivity (Wildman–Crippen MR) is 112 cm³/mol. The second-order valence-electron chi connectivity index (χ2n) is 7.64. The van der Waals surface area contributed by atoms with Gasteiger partial charge in [-0.15, -0.1) is 0 Å². The van der Waals surface area contributed by atoms with Crippen LogP contribution in [0.5, 0.6) is 5.75 Å². The number of hydrogen-bond acceptors (Lipinski definition) is 5. The maximum absolute atomic E-state index is 12.8. The number of ether oxygens (including phenoxy) is 2. The van der Waals surface area contributed by atoms with Crippen molar-refractivity contribution in [3.05, 3.63) is 24.3 Å². The molecule has 7 nitrogen and oxygen atoms in total. The van der Waals surface area contributed by atoms with E-state index < -0.39 is 0 Å². The van der Waals surface area contributed by atoms with Gasteiger partial charge in [0.1, 0.15) is 12.3 Å². The van der Waals surface area contributed by atoms with Crippen molar-refractivity contribution in [1.29, 1.82) is 0 Å². The summed E-state index contributed by atoms with van der Waals surface area (Å²) in [5, 5.41) is 3.09. The first-order chi connectivity index (χ1) is 14.1. The molecular formula is C22H33N3O4. The highest BCUT2D eigenvalue weighted by molar-refractivity contribution is 6.00. The molecule has 1 aromatic rings. The number of morpholine rings is 1. The lowest BCUT2D eigenvalue weighted by Crippen LogP contribution is -2.53. The number of benzene rings is 1. The van der Waals surface area contributed by atoms with Crippen LogP contribution in [0, 0.1) is 5.92 Å². The van der Waals surface area contributed by atoms with Crippen LogP contribution in [0.1, 0.15) is 33.1 Å². The first-order valence-corrected chi connectivity index (χ1v) is 10.7. The Morgan fingerprint density at radius 2 is 1.86 bits per heavy atom. The van der Waals surface area contributed by atoms with E-state index in [4.69, 9.17) is 9.47 Å². The highest BCUT2D eigenvalue weighted by atomic mass is 16.5. The minimum absolute atomic E-state index is 0.0119. The first-order valence-electron chi connectivity index (χ1n) is 10.7. The van der Waals surface area contributed by atoms with Crippen LogP contribution in [0.3, 0.4) is 0 Å². The molecule has 0 radical (unpaired) electrons. The van der Waals surface area contributed by atoms with Crippen LogP contribution in [-0.4, -0.2) is 68.8 Å². The Bertz CT molecular complexity index is 686. The van der Waals surface area contributed by atoms with Gasteiger partial charge in [0, 0.05) is 25.7 Å². The van der Waals surface area contributed by atoms with Gasteiger partial charge in [0.25, 0.3) is 0 Å². The number of para-hydroxylation sites is 2. The summed E-state index contributed by atoms with van der Waals surface area (Å²) in [7, 11) is 0. The SMILES string of the molecule is CCC(CC)C(CNC(=O)CN1C(=O)CCOc2ccccc21)N1CCOCC1. The molecule has 0 spiro atoms. The number of fused-ring (bicyclic) bond motifs is 1. The van der Waals surface area contributed by atoms with Crippen LogP contribution in [0.15, 0.2) is 24.3 Å². The molecule has 29 heavy (non-hydrogen) atoms. The molecular weight excluding hydrogens is 370 g/mol. The number of hydrogen-bond donors (Lipinski definition) is 1. The minimum Gasteiger partial charge on any atom is -0.491 e. The molecule has 2 heterocycles. The monoisotopic (exact) mass is 403 g/mol. The van der Waals surface area contributed by atoms with Gasteiger partial charge < -0.3 is 14.8 Å². The molecule has 0 aliphatic carbocycles. The number of nitrogens with one attached hydrogen (secondary N) is 1. The Balaban J connectivity index is 1.64. The Kier molecular flexibility index (Phi) is 7.89. The molecule has 0 saturated carbocycles. The lowest BCUT2D eigenvalue weighted by Gasteiger charge is -2.39. The molecule has 0 bridgehead atoms. The van der Waals surface area contributed by atoms with Gasteiger partial charge in [0.2, 0.25) is 11.8 Å². The highest BCUT2D eigenvalue weighted by Gasteiger charge is 2.29. The van der Waals surface area contributed by atoms with Crippen LogP contribution in [0.25, 0.3) is 0 Å². The molecule has 1 saturated heterocycles. The first kappa shape index (κ1) is 21.6. The van der Waals surface area contributed by atoms with Crippen LogP contribution in [0.2, 0.25) is 0 Å². The second-order valence-corrected chi connectivity index (χ2v) is 7.64. The molecule has 1 aromatic carbocycles. The van der Waals surface area contributed by atoms with Crippen molar-refractivity contribution in [2.24, 2.45) is 5.92 Å². The number of rotatable bonds is 8. The van der Waals surface area contributed by atoms with Gasteiger partial charge in [0.05, 0.1) is 31.9 Å². The fourth-order valence-corrected chi connectivity index (χ4v) is 4.25. The fraction of sp³-hybridized carbons (Fsp3) is 0.636. The standard InChI is InChI=1S/C22H33N3O4/c1-3-17(4-2)19(24-10-13-28-14-11-24)15-23-21(26)16-25-18-7-5-6-8-20(18)29-12-9-22(25)27/h5-8,17,19H,3-4,9-16H2,1-2H3,(H,23,26). The van der Waals surface area contributed by atoms with E-state index in [1.807, 2.05) is 24.3 Å². The Morgan fingerprint density at radius 1 is 1.14 bits per heavy atom. The van der Waals surface area contributed by atoms with E-state index in [1.165, 1.54) is 0 Å². The largest absolute Gasteiger partial charge is 0.491 e. The van der Waals surface area contributed by atoms with Crippen molar-refractivity contribution < 1.29 is 19.1 Å². The summed E-state index contributed by atoms with van der Waals surface area (Å²) >= 11 is 0. The number of anilines is 1. The summed E-state index contributed by atoms with van der Waals surface area (Å²) in [5.41, 5.74) is 0.662. The molecule has 1 atom stereocenters. The lowest BCUT2D eigenvalue weighted by atomic mass is 9.92. The van der Waals surface area contributed by atoms with Crippen molar-refractivity contribution in [2.75, 3.05) is 50.9 Å². The topological polar surface area (TPSA) is 71.1 Å². The van der Waals surface area contributed by atoms with Crippen molar-refractivity contribution in [3.63, 3.8) is 0 Å². The highest BCUT2D eigenvalue weighted by Crippen LogP contribution is 2.30. The zero-order valence-electron chi connectivity index (χ0n) is 17.6. The molecule has 7 heteroatoms. The third kappa shape index (κ3) is 5.48. The van der Waals surface area contributed by atoms with E-state index in [1.54, 1.807) is 4.90 Å². The van der Waals surface area contributed by atoms with E-state index in [0.717, 1.165) is 39.1 Å². The molecule has 1 fully saturated rings. The number of amides is 2. The Labute approximate surface area is 173 Å². The number of nitrogens with zero attached hydrogens (tertiary/aromatic N) is 2. The van der Waals surface area contributed by atoms with Crippen LogP contribution in [-0.2, 0) is 14.3 Å². The molecule has 3 rings (SSSR count). The summed E-state index contributed by atoms with van der Waals surface area (Å²) in [6, 6.07) is 7.67. The Morgan fingerprint density at radius 3 is 2.59 bits per heavy atom. The van der Waals surface area contributed by atoms with E-state index in [-0.39, 0.29) is 30.8 Å². The lowest BCUT2D eigenvalue weighted by molar-refractivity contribution is -0.124. The van der Waals surface area contributed by atoms with Gasteiger partial charge in [-0.1, -0.05) is 38.8 Å². The molecule has 1 N–H and O–H groups in total. The second kappa shape index (κ2) is 10.6. The van der Waals surface area contributed by atoms with Crippen LogP contribution in [0.4, 0.5) is 5.69 Å². The van der Waals surface area contributed by atoms with Gasteiger partial charge in [-0.3, -0.25) is 19.4 Å². The van der Waals surface area contributed by atoms with Gasteiger partial charge >= 0.3 is 0 Å². The van der Waals surface area contributed by atoms with E-state index in [2.05, 4.69) is 24.1 Å². The molecule has 2 aliphatic heterocycles. The summed E-state index contributed by atoms with van der Waals surface area (Å²) in [5.74, 6) is 0.936. The maximum Gasteiger partial charge on any atom is 0.240 e. The number of carbonyl (C=O) groups is 2. The average Bonchev–Trinajstić information content (AvgIpc) is 2.90. The predicted octanol–water partition coefficient (Wildman–Crippen LogP) is 2.06. The van der Waals surface area contributed by atoms with E-state index in [0.29, 0.717) is 30.5 Å². The minimum atomic E-state index is -0.140. The van der Waals surface area contributed by atoms with E-state index in [9.17, 15) is 9.59 Å². The summed E-state index contributed by atoms with van der Waals surface area (Å²) in [6.45, 7) is 8.61. The number of carbonyl (C=O) groups excluding carboxylic acids is 2. The smallest absolute Gasteiger partial charge is 0.240 e. The van der Waals surface area contributed by atoms with Crippen molar-refractivity contribution in [2.45, 2.75) is 39.2 Å². The molecule has 1 unspecified atom stereocenters. The third-order valence-corrected chi connectivity index (χ3v) is 5.95. The zero-order valence-corrected chi connectivity index (χ0v) is 17.6. The molecule has 0 aromatic heterocycles. The molecule has 2 amide bonds. The van der Waals surface area contributed by atoms with Crippen molar-refractivity contribution in [1.82, 2.24) is 10.2 Å². The average molecular weight is 404 g/mol. The fourth-order valence-electron chi connectivity index (χ4n) is 4.25. The molecule has 2 aliphatic rings. The third-order valence-electron chi connectivity index (χ3n) is 5.95. The van der Waals surface area contributed by atoms with Gasteiger partial charge in [-0.05, 0) is 18.1 Å². The summed E-state index contributed by atoms with van der Waals surface area (Å²) in [6.07, 6.45) is 2.42.